The van der Waals surface area contributed by atoms with E-state index >= 15 is 0 Å². The summed E-state index contributed by atoms with van der Waals surface area (Å²) in [5.41, 5.74) is 2.12. The van der Waals surface area contributed by atoms with Crippen molar-refractivity contribution in [1.82, 2.24) is 29.5 Å². The second kappa shape index (κ2) is 7.23. The Hall–Kier alpha value is -2.77. The van der Waals surface area contributed by atoms with Crippen LogP contribution < -0.4 is 10.2 Å². The quantitative estimate of drug-likeness (QED) is 0.753. The summed E-state index contributed by atoms with van der Waals surface area (Å²) < 4.78 is 1.78. The van der Waals surface area contributed by atoms with Gasteiger partial charge < -0.3 is 10.2 Å². The molecule has 0 bridgehead atoms. The number of aromatic nitrogens is 6. The Morgan fingerprint density at radius 2 is 1.81 bits per heavy atom. The molecule has 1 fully saturated rings. The Morgan fingerprint density at radius 1 is 1.00 bits per heavy atom. The molecular weight excluding hydrogens is 328 g/mol. The van der Waals surface area contributed by atoms with Gasteiger partial charge in [0.05, 0.1) is 0 Å². The van der Waals surface area contributed by atoms with Crippen LogP contribution in [-0.2, 0) is 12.8 Å². The van der Waals surface area contributed by atoms with Gasteiger partial charge in [0.2, 0.25) is 0 Å². The van der Waals surface area contributed by atoms with Gasteiger partial charge in [0.25, 0.3) is 5.78 Å². The van der Waals surface area contributed by atoms with Gasteiger partial charge in [0.15, 0.2) is 0 Å². The topological polar surface area (TPSA) is 84.1 Å². The molecule has 0 amide bonds. The van der Waals surface area contributed by atoms with E-state index in [0.717, 1.165) is 61.8 Å². The van der Waals surface area contributed by atoms with E-state index in [1.165, 1.54) is 0 Å². The zero-order chi connectivity index (χ0) is 17.9. The highest BCUT2D eigenvalue weighted by Gasteiger charge is 2.21. The van der Waals surface area contributed by atoms with Crippen molar-refractivity contribution in [3.63, 3.8) is 0 Å². The monoisotopic (exact) mass is 352 g/mol. The molecule has 26 heavy (non-hydrogen) atoms. The molecule has 136 valence electrons. The molecule has 4 rings (SSSR count). The predicted octanol–water partition coefficient (Wildman–Crippen LogP) is 2.12. The molecule has 1 saturated heterocycles. The van der Waals surface area contributed by atoms with Gasteiger partial charge in [-0.3, -0.25) is 0 Å². The van der Waals surface area contributed by atoms with Crippen LogP contribution in [-0.4, -0.2) is 48.7 Å². The standard InChI is InChI=1S/C18H24N8/c1-3-13-9-16(20-11-19-13)25-7-5-15(6-8-25)23-17-10-14(4-2)24-18-21-12-22-26(17)18/h9-12,15,23H,3-8H2,1-2H3. The highest BCUT2D eigenvalue weighted by atomic mass is 15.4. The van der Waals surface area contributed by atoms with Crippen molar-refractivity contribution in [2.45, 2.75) is 45.6 Å². The van der Waals surface area contributed by atoms with E-state index in [1.54, 1.807) is 17.2 Å². The van der Waals surface area contributed by atoms with Gasteiger partial charge in [-0.05, 0) is 25.7 Å². The average Bonchev–Trinajstić information content (AvgIpc) is 3.17. The first-order valence-corrected chi connectivity index (χ1v) is 9.29. The number of nitrogens with zero attached hydrogens (tertiary/aromatic N) is 7. The second-order valence-corrected chi connectivity index (χ2v) is 6.58. The Morgan fingerprint density at radius 3 is 2.58 bits per heavy atom. The largest absolute Gasteiger partial charge is 0.367 e. The number of rotatable bonds is 5. The zero-order valence-corrected chi connectivity index (χ0v) is 15.3. The molecular formula is C18H24N8. The van der Waals surface area contributed by atoms with Crippen LogP contribution in [0.25, 0.3) is 5.78 Å². The second-order valence-electron chi connectivity index (χ2n) is 6.58. The van der Waals surface area contributed by atoms with Gasteiger partial charge in [-0.1, -0.05) is 13.8 Å². The number of anilines is 2. The van der Waals surface area contributed by atoms with E-state index in [0.29, 0.717) is 11.8 Å². The fourth-order valence-corrected chi connectivity index (χ4v) is 3.36. The molecule has 1 aliphatic heterocycles. The van der Waals surface area contributed by atoms with E-state index in [2.05, 4.69) is 61.2 Å². The molecule has 0 aliphatic carbocycles. The van der Waals surface area contributed by atoms with Crippen molar-refractivity contribution in [3.05, 3.63) is 36.2 Å². The summed E-state index contributed by atoms with van der Waals surface area (Å²) in [5.74, 6) is 2.65. The van der Waals surface area contributed by atoms with Crippen LogP contribution >= 0.6 is 0 Å². The number of hydrogen-bond acceptors (Lipinski definition) is 7. The molecule has 4 heterocycles. The third-order valence-electron chi connectivity index (χ3n) is 4.91. The maximum Gasteiger partial charge on any atom is 0.254 e. The Balaban J connectivity index is 1.45. The molecule has 8 heteroatoms. The van der Waals surface area contributed by atoms with Gasteiger partial charge in [-0.15, -0.1) is 0 Å². The Bertz CT molecular complexity index is 882. The Kier molecular flexibility index (Phi) is 4.64. The average molecular weight is 352 g/mol. The van der Waals surface area contributed by atoms with E-state index in [1.807, 2.05) is 0 Å². The van der Waals surface area contributed by atoms with Crippen LogP contribution in [0.3, 0.4) is 0 Å². The lowest BCUT2D eigenvalue weighted by Crippen LogP contribution is -2.40. The fraction of sp³-hybridized carbons (Fsp3) is 0.500. The first-order valence-electron chi connectivity index (χ1n) is 9.29. The molecule has 1 aliphatic rings. The molecule has 0 radical (unpaired) electrons. The number of piperidine rings is 1. The van der Waals surface area contributed by atoms with E-state index in [4.69, 9.17) is 0 Å². The summed E-state index contributed by atoms with van der Waals surface area (Å²) in [6, 6.07) is 4.58. The lowest BCUT2D eigenvalue weighted by Gasteiger charge is -2.33. The summed E-state index contributed by atoms with van der Waals surface area (Å²) in [5, 5.41) is 7.93. The molecule has 0 spiro atoms. The minimum atomic E-state index is 0.401. The highest BCUT2D eigenvalue weighted by Crippen LogP contribution is 2.21. The van der Waals surface area contributed by atoms with Crippen LogP contribution in [0.1, 0.15) is 38.1 Å². The number of nitrogens with one attached hydrogen (secondary N) is 1. The third kappa shape index (κ3) is 3.31. The summed E-state index contributed by atoms with van der Waals surface area (Å²) in [6.45, 7) is 6.17. The van der Waals surface area contributed by atoms with Gasteiger partial charge in [0, 0.05) is 42.7 Å². The number of hydrogen-bond donors (Lipinski definition) is 1. The van der Waals surface area contributed by atoms with Crippen LogP contribution in [0, 0.1) is 0 Å². The summed E-state index contributed by atoms with van der Waals surface area (Å²) >= 11 is 0. The maximum atomic E-state index is 4.50. The van der Waals surface area contributed by atoms with Gasteiger partial charge in [0.1, 0.15) is 24.3 Å². The summed E-state index contributed by atoms with van der Waals surface area (Å²) in [7, 11) is 0. The van der Waals surface area contributed by atoms with Crippen molar-refractivity contribution >= 4 is 17.4 Å². The van der Waals surface area contributed by atoms with Gasteiger partial charge in [-0.25, -0.2) is 15.0 Å². The molecule has 3 aromatic rings. The molecule has 3 aromatic heterocycles. The van der Waals surface area contributed by atoms with Crippen molar-refractivity contribution < 1.29 is 0 Å². The molecule has 0 unspecified atom stereocenters. The summed E-state index contributed by atoms with van der Waals surface area (Å²) in [6.07, 6.45) is 7.13. The fourth-order valence-electron chi connectivity index (χ4n) is 3.36. The lowest BCUT2D eigenvalue weighted by atomic mass is 10.0. The zero-order valence-electron chi connectivity index (χ0n) is 15.3. The third-order valence-corrected chi connectivity index (χ3v) is 4.91. The molecule has 0 saturated carbocycles. The van der Waals surface area contributed by atoms with Crippen LogP contribution in [0.2, 0.25) is 0 Å². The normalized spacial score (nSPS) is 15.5. The van der Waals surface area contributed by atoms with Crippen molar-refractivity contribution in [1.29, 1.82) is 0 Å². The molecule has 8 nitrogen and oxygen atoms in total. The van der Waals surface area contributed by atoms with Crippen LogP contribution in [0.5, 0.6) is 0 Å². The van der Waals surface area contributed by atoms with Gasteiger partial charge >= 0.3 is 0 Å². The van der Waals surface area contributed by atoms with Crippen molar-refractivity contribution in [2.75, 3.05) is 23.3 Å². The lowest BCUT2D eigenvalue weighted by molar-refractivity contribution is 0.520. The van der Waals surface area contributed by atoms with Crippen LogP contribution in [0.4, 0.5) is 11.6 Å². The maximum absolute atomic E-state index is 4.50. The highest BCUT2D eigenvalue weighted by molar-refractivity contribution is 5.46. The number of aryl methyl sites for hydroxylation is 2. The minimum absolute atomic E-state index is 0.401. The minimum Gasteiger partial charge on any atom is -0.367 e. The van der Waals surface area contributed by atoms with E-state index < -0.39 is 0 Å². The molecule has 0 atom stereocenters. The predicted molar refractivity (Wildman–Crippen MR) is 100 cm³/mol. The van der Waals surface area contributed by atoms with Gasteiger partial charge in [-0.2, -0.15) is 14.6 Å². The van der Waals surface area contributed by atoms with Crippen molar-refractivity contribution in [2.24, 2.45) is 0 Å². The van der Waals surface area contributed by atoms with E-state index in [-0.39, 0.29) is 0 Å². The van der Waals surface area contributed by atoms with Crippen LogP contribution in [0.15, 0.2) is 24.8 Å². The van der Waals surface area contributed by atoms with Crippen molar-refractivity contribution in [3.8, 4) is 0 Å². The first kappa shape index (κ1) is 16.7. The van der Waals surface area contributed by atoms with E-state index in [9.17, 15) is 0 Å². The molecule has 1 N–H and O–H groups in total. The smallest absolute Gasteiger partial charge is 0.254 e. The SMILES string of the molecule is CCc1cc(N2CCC(Nc3cc(CC)nc4ncnn34)CC2)ncn1. The Labute approximate surface area is 152 Å². The molecule has 0 aromatic carbocycles. The first-order chi connectivity index (χ1) is 12.8. The number of fused-ring (bicyclic) bond motifs is 1. The summed E-state index contributed by atoms with van der Waals surface area (Å²) in [4.78, 5) is 19.8.